The van der Waals surface area contributed by atoms with Gasteiger partial charge in [-0.2, -0.15) is 0 Å². The highest BCUT2D eigenvalue weighted by Gasteiger charge is 2.20. The summed E-state index contributed by atoms with van der Waals surface area (Å²) < 4.78 is 7.84. The summed E-state index contributed by atoms with van der Waals surface area (Å²) in [5.41, 5.74) is 1.02. The van der Waals surface area contributed by atoms with Crippen LogP contribution in [0.1, 0.15) is 18.7 Å². The number of hydrogen-bond acceptors (Lipinski definition) is 3. The van der Waals surface area contributed by atoms with Crippen LogP contribution in [0.25, 0.3) is 11.3 Å². The number of halogens is 2. The van der Waals surface area contributed by atoms with Gasteiger partial charge in [0.2, 0.25) is 0 Å². The average Bonchev–Trinajstić information content (AvgIpc) is 3.10. The van der Waals surface area contributed by atoms with Crippen molar-refractivity contribution in [2.75, 3.05) is 6.54 Å². The van der Waals surface area contributed by atoms with Crippen LogP contribution in [0.5, 0.6) is 0 Å². The molecule has 1 aliphatic carbocycles. The molecule has 0 unspecified atom stereocenters. The molecular formula is C14H14Br2N2O. The van der Waals surface area contributed by atoms with Gasteiger partial charge < -0.3 is 9.73 Å². The monoisotopic (exact) mass is 384 g/mol. The molecule has 100 valence electrons. The molecule has 0 amide bonds. The van der Waals surface area contributed by atoms with Gasteiger partial charge in [-0.25, -0.2) is 4.98 Å². The van der Waals surface area contributed by atoms with E-state index in [1.54, 1.807) is 6.20 Å². The molecule has 0 bridgehead atoms. The van der Waals surface area contributed by atoms with Gasteiger partial charge >= 0.3 is 0 Å². The van der Waals surface area contributed by atoms with Gasteiger partial charge in [-0.1, -0.05) is 31.9 Å². The maximum Gasteiger partial charge on any atom is 0.196 e. The van der Waals surface area contributed by atoms with Crippen molar-refractivity contribution in [2.24, 2.45) is 0 Å². The van der Waals surface area contributed by atoms with E-state index in [-0.39, 0.29) is 0 Å². The lowest BCUT2D eigenvalue weighted by Crippen LogP contribution is -2.19. The Bertz CT molecular complexity index is 579. The molecule has 3 nitrogen and oxygen atoms in total. The highest BCUT2D eigenvalue weighted by Crippen LogP contribution is 2.31. The molecule has 1 saturated carbocycles. The Hall–Kier alpha value is -0.650. The molecule has 0 atom stereocenters. The Morgan fingerprint density at radius 1 is 1.32 bits per heavy atom. The van der Waals surface area contributed by atoms with Crippen molar-refractivity contribution in [3.8, 4) is 11.3 Å². The average molecular weight is 386 g/mol. The summed E-state index contributed by atoms with van der Waals surface area (Å²) in [5.74, 6) is 1.59. The summed E-state index contributed by atoms with van der Waals surface area (Å²) in [6.45, 7) is 0.935. The summed E-state index contributed by atoms with van der Waals surface area (Å²) in [6, 6.07) is 6.74. The number of nitrogens with zero attached hydrogens (tertiary/aromatic N) is 1. The first-order chi connectivity index (χ1) is 9.22. The second-order valence-corrected chi connectivity index (χ2v) is 6.49. The fraction of sp³-hybridized carbons (Fsp3) is 0.357. The molecule has 1 fully saturated rings. The van der Waals surface area contributed by atoms with Crippen molar-refractivity contribution in [3.05, 3.63) is 39.2 Å². The van der Waals surface area contributed by atoms with E-state index in [0.29, 0.717) is 0 Å². The first-order valence-corrected chi connectivity index (χ1v) is 7.94. The molecule has 2 aromatic rings. The van der Waals surface area contributed by atoms with Gasteiger partial charge in [0.1, 0.15) is 0 Å². The molecular weight excluding hydrogens is 372 g/mol. The number of oxazole rings is 1. The lowest BCUT2D eigenvalue weighted by molar-refractivity contribution is 0.494. The minimum Gasteiger partial charge on any atom is -0.441 e. The summed E-state index contributed by atoms with van der Waals surface area (Å²) in [7, 11) is 0. The van der Waals surface area contributed by atoms with Crippen LogP contribution >= 0.6 is 31.9 Å². The Kier molecular flexibility index (Phi) is 4.05. The first-order valence-electron chi connectivity index (χ1n) is 6.36. The van der Waals surface area contributed by atoms with E-state index in [1.165, 1.54) is 12.8 Å². The van der Waals surface area contributed by atoms with E-state index in [9.17, 15) is 0 Å². The predicted octanol–water partition coefficient (Wildman–Crippen LogP) is 4.16. The Labute approximate surface area is 129 Å². The fourth-order valence-corrected chi connectivity index (χ4v) is 2.71. The van der Waals surface area contributed by atoms with Crippen LogP contribution in [0, 0.1) is 0 Å². The van der Waals surface area contributed by atoms with Crippen molar-refractivity contribution in [3.63, 3.8) is 0 Å². The molecule has 19 heavy (non-hydrogen) atoms. The molecule has 1 N–H and O–H groups in total. The van der Waals surface area contributed by atoms with Gasteiger partial charge in [0.25, 0.3) is 0 Å². The molecule has 1 aromatic heterocycles. The Morgan fingerprint density at radius 2 is 2.16 bits per heavy atom. The largest absolute Gasteiger partial charge is 0.441 e. The van der Waals surface area contributed by atoms with Crippen LogP contribution in [-0.2, 0) is 6.42 Å². The zero-order valence-electron chi connectivity index (χ0n) is 10.3. The number of rotatable bonds is 5. The van der Waals surface area contributed by atoms with Crippen LogP contribution in [-0.4, -0.2) is 17.6 Å². The lowest BCUT2D eigenvalue weighted by Gasteiger charge is -2.01. The topological polar surface area (TPSA) is 38.1 Å². The minimum atomic E-state index is 0.730. The Balaban J connectivity index is 1.70. The van der Waals surface area contributed by atoms with Crippen molar-refractivity contribution in [1.29, 1.82) is 0 Å². The standard InChI is InChI=1S/C14H14Br2N2O/c15-9-1-4-12(16)11(7-9)13-8-18-14(19-13)5-6-17-10-2-3-10/h1,4,7-8,10,17H,2-3,5-6H2. The highest BCUT2D eigenvalue weighted by molar-refractivity contribution is 9.11. The first kappa shape index (κ1) is 13.3. The van der Waals surface area contributed by atoms with Crippen molar-refractivity contribution >= 4 is 31.9 Å². The zero-order valence-corrected chi connectivity index (χ0v) is 13.5. The number of benzene rings is 1. The third-order valence-electron chi connectivity index (χ3n) is 3.10. The van der Waals surface area contributed by atoms with E-state index in [4.69, 9.17) is 4.42 Å². The molecule has 0 radical (unpaired) electrons. The van der Waals surface area contributed by atoms with Gasteiger partial charge in [-0.3, -0.25) is 0 Å². The molecule has 3 rings (SSSR count). The number of nitrogens with one attached hydrogen (secondary N) is 1. The van der Waals surface area contributed by atoms with Crippen LogP contribution in [0.3, 0.4) is 0 Å². The normalized spacial score (nSPS) is 14.8. The minimum absolute atomic E-state index is 0.730. The third-order valence-corrected chi connectivity index (χ3v) is 4.28. The number of aromatic nitrogens is 1. The highest BCUT2D eigenvalue weighted by atomic mass is 79.9. The van der Waals surface area contributed by atoms with E-state index >= 15 is 0 Å². The van der Waals surface area contributed by atoms with Gasteiger partial charge in [-0.15, -0.1) is 0 Å². The van der Waals surface area contributed by atoms with E-state index in [1.807, 2.05) is 18.2 Å². The Morgan fingerprint density at radius 3 is 2.95 bits per heavy atom. The van der Waals surface area contributed by atoms with Crippen LogP contribution in [0.15, 0.2) is 37.8 Å². The zero-order chi connectivity index (χ0) is 13.2. The van der Waals surface area contributed by atoms with Crippen LogP contribution < -0.4 is 5.32 Å². The summed E-state index contributed by atoms with van der Waals surface area (Å²) >= 11 is 7.01. The predicted molar refractivity (Wildman–Crippen MR) is 82.1 cm³/mol. The third kappa shape index (κ3) is 3.46. The SMILES string of the molecule is Brc1ccc(Br)c(-c2cnc(CCNC3CC3)o2)c1. The molecule has 0 spiro atoms. The second kappa shape index (κ2) is 5.77. The lowest BCUT2D eigenvalue weighted by atomic mass is 10.2. The molecule has 0 saturated heterocycles. The van der Waals surface area contributed by atoms with Crippen LogP contribution in [0.4, 0.5) is 0 Å². The molecule has 1 aliphatic rings. The fourth-order valence-electron chi connectivity index (χ4n) is 1.91. The van der Waals surface area contributed by atoms with Crippen LogP contribution in [0.2, 0.25) is 0 Å². The van der Waals surface area contributed by atoms with Gasteiger partial charge in [0.15, 0.2) is 11.7 Å². The van der Waals surface area contributed by atoms with E-state index in [2.05, 4.69) is 42.2 Å². The summed E-state index contributed by atoms with van der Waals surface area (Å²) in [5, 5.41) is 3.46. The maximum absolute atomic E-state index is 5.81. The molecule has 1 heterocycles. The van der Waals surface area contributed by atoms with Gasteiger partial charge in [0.05, 0.1) is 6.20 Å². The number of hydrogen-bond donors (Lipinski definition) is 1. The second-order valence-electron chi connectivity index (χ2n) is 4.72. The summed E-state index contributed by atoms with van der Waals surface area (Å²) in [4.78, 5) is 4.34. The van der Waals surface area contributed by atoms with Crippen molar-refractivity contribution in [1.82, 2.24) is 10.3 Å². The molecule has 0 aliphatic heterocycles. The molecule has 5 heteroatoms. The maximum atomic E-state index is 5.81. The summed E-state index contributed by atoms with van der Waals surface area (Å²) in [6.07, 6.45) is 5.24. The van der Waals surface area contributed by atoms with E-state index < -0.39 is 0 Å². The molecule has 1 aromatic carbocycles. The van der Waals surface area contributed by atoms with Crippen molar-refractivity contribution in [2.45, 2.75) is 25.3 Å². The quantitative estimate of drug-likeness (QED) is 0.839. The van der Waals surface area contributed by atoms with Gasteiger partial charge in [-0.05, 0) is 31.0 Å². The van der Waals surface area contributed by atoms with Crippen molar-refractivity contribution < 1.29 is 4.42 Å². The van der Waals surface area contributed by atoms with Gasteiger partial charge in [0, 0.05) is 33.5 Å². The van der Waals surface area contributed by atoms with E-state index in [0.717, 1.165) is 45.2 Å². The smallest absolute Gasteiger partial charge is 0.196 e.